The molecule has 4 aromatic rings. The van der Waals surface area contributed by atoms with E-state index in [9.17, 15) is 14.7 Å². The van der Waals surface area contributed by atoms with E-state index in [0.29, 0.717) is 54.8 Å². The van der Waals surface area contributed by atoms with Gasteiger partial charge in [-0.05, 0) is 50.8 Å². The molecule has 0 atom stereocenters. The number of carbonyl (C=O) groups excluding carboxylic acids is 1. The number of benzene rings is 1. The molecule has 0 unspecified atom stereocenters. The Hall–Kier alpha value is -4.19. The molecule has 11 nitrogen and oxygen atoms in total. The number of hydrogen-bond donors (Lipinski definition) is 3. The molecule has 1 aromatic carbocycles. The van der Waals surface area contributed by atoms with E-state index >= 15 is 0 Å². The number of thiazole rings is 1. The molecule has 2 amide bonds. The van der Waals surface area contributed by atoms with E-state index in [1.54, 1.807) is 31.7 Å². The highest BCUT2D eigenvalue weighted by Crippen LogP contribution is 2.38. The van der Waals surface area contributed by atoms with Crippen molar-refractivity contribution >= 4 is 44.6 Å². The first-order valence-corrected chi connectivity index (χ1v) is 13.7. The minimum absolute atomic E-state index is 0.309. The van der Waals surface area contributed by atoms with Crippen LogP contribution in [0.5, 0.6) is 0 Å². The molecule has 0 spiro atoms. The number of aryl methyl sites for hydroxylation is 1. The molecule has 1 aliphatic rings. The van der Waals surface area contributed by atoms with Crippen molar-refractivity contribution in [3.63, 3.8) is 0 Å². The van der Waals surface area contributed by atoms with Gasteiger partial charge in [-0.15, -0.1) is 0 Å². The average Bonchev–Trinajstić information content (AvgIpc) is 3.35. The predicted molar refractivity (Wildman–Crippen MR) is 151 cm³/mol. The van der Waals surface area contributed by atoms with E-state index in [1.807, 2.05) is 30.9 Å². The predicted octanol–water partition coefficient (Wildman–Crippen LogP) is 4.61. The van der Waals surface area contributed by atoms with Crippen LogP contribution in [0, 0.1) is 5.41 Å². The summed E-state index contributed by atoms with van der Waals surface area (Å²) in [6, 6.07) is 3.66. The van der Waals surface area contributed by atoms with E-state index in [2.05, 4.69) is 35.6 Å². The fraction of sp³-hybridized carbons (Fsp3) is 0.370. The molecule has 1 aliphatic heterocycles. The summed E-state index contributed by atoms with van der Waals surface area (Å²) < 4.78 is 0.886. The third-order valence-electron chi connectivity index (χ3n) is 7.03. The molecule has 1 fully saturated rings. The van der Waals surface area contributed by atoms with Gasteiger partial charge in [0.25, 0.3) is 0 Å². The number of urea groups is 1. The largest absolute Gasteiger partial charge is 0.481 e. The van der Waals surface area contributed by atoms with Crippen molar-refractivity contribution in [2.24, 2.45) is 5.41 Å². The van der Waals surface area contributed by atoms with Gasteiger partial charge in [0.15, 0.2) is 5.13 Å². The van der Waals surface area contributed by atoms with Gasteiger partial charge in [-0.2, -0.15) is 0 Å². The zero-order valence-corrected chi connectivity index (χ0v) is 22.9. The summed E-state index contributed by atoms with van der Waals surface area (Å²) in [4.78, 5) is 48.7. The number of piperidine rings is 1. The van der Waals surface area contributed by atoms with E-state index in [-0.39, 0.29) is 6.03 Å². The molecule has 0 aliphatic carbocycles. The summed E-state index contributed by atoms with van der Waals surface area (Å²) in [7, 11) is 0. The lowest BCUT2D eigenvalue weighted by Crippen LogP contribution is -2.43. The summed E-state index contributed by atoms with van der Waals surface area (Å²) in [6.07, 6.45) is 8.95. The smallest absolute Gasteiger partial charge is 0.321 e. The zero-order chi connectivity index (χ0) is 27.6. The highest BCUT2D eigenvalue weighted by atomic mass is 32.1. The van der Waals surface area contributed by atoms with Crippen molar-refractivity contribution in [2.45, 2.75) is 40.0 Å². The van der Waals surface area contributed by atoms with Gasteiger partial charge in [-0.1, -0.05) is 18.3 Å². The highest BCUT2D eigenvalue weighted by molar-refractivity contribution is 7.22. The monoisotopic (exact) mass is 546 g/mol. The zero-order valence-electron chi connectivity index (χ0n) is 22.1. The molecular weight excluding hydrogens is 516 g/mol. The molecule has 3 N–H and O–H groups in total. The van der Waals surface area contributed by atoms with Crippen molar-refractivity contribution in [1.29, 1.82) is 0 Å². The van der Waals surface area contributed by atoms with E-state index < -0.39 is 11.4 Å². The number of carboxylic acid groups (broad SMARTS) is 1. The van der Waals surface area contributed by atoms with Crippen molar-refractivity contribution in [2.75, 3.05) is 29.9 Å². The van der Waals surface area contributed by atoms with Crippen LogP contribution >= 0.6 is 11.3 Å². The lowest BCUT2D eigenvalue weighted by molar-refractivity contribution is -0.149. The Balaban J connectivity index is 1.48. The molecule has 202 valence electrons. The maximum atomic E-state index is 12.1. The second-order valence-corrected chi connectivity index (χ2v) is 10.7. The lowest BCUT2D eigenvalue weighted by Gasteiger charge is -2.36. The molecule has 0 radical (unpaired) electrons. The Kier molecular flexibility index (Phi) is 7.38. The number of carboxylic acids is 1. The molecule has 12 heteroatoms. The summed E-state index contributed by atoms with van der Waals surface area (Å²) in [5.74, 6) is -0.180. The normalized spacial score (nSPS) is 14.8. The number of anilines is 2. The van der Waals surface area contributed by atoms with Gasteiger partial charge >= 0.3 is 12.0 Å². The third kappa shape index (κ3) is 5.51. The van der Waals surface area contributed by atoms with Crippen LogP contribution in [0.2, 0.25) is 0 Å². The number of nitrogens with one attached hydrogen (secondary N) is 2. The van der Waals surface area contributed by atoms with Crippen molar-refractivity contribution in [3.8, 4) is 22.4 Å². The molecule has 0 bridgehead atoms. The van der Waals surface area contributed by atoms with E-state index in [1.165, 1.54) is 11.3 Å². The van der Waals surface area contributed by atoms with Crippen LogP contribution < -0.4 is 15.5 Å². The minimum atomic E-state index is -0.759. The molecule has 39 heavy (non-hydrogen) atoms. The van der Waals surface area contributed by atoms with Crippen molar-refractivity contribution < 1.29 is 14.7 Å². The Labute approximate surface area is 229 Å². The van der Waals surface area contributed by atoms with E-state index in [0.717, 1.165) is 33.5 Å². The Morgan fingerprint density at radius 1 is 1.03 bits per heavy atom. The number of hydrogen-bond acceptors (Lipinski definition) is 9. The Bertz CT molecular complexity index is 1500. The van der Waals surface area contributed by atoms with E-state index in [4.69, 9.17) is 0 Å². The second kappa shape index (κ2) is 10.9. The van der Waals surface area contributed by atoms with Gasteiger partial charge < -0.3 is 15.3 Å². The average molecular weight is 547 g/mol. The maximum absolute atomic E-state index is 12.1. The van der Waals surface area contributed by atoms with Gasteiger partial charge in [-0.25, -0.2) is 19.7 Å². The molecule has 5 rings (SSSR count). The number of aromatic nitrogens is 5. The number of carbonyl (C=O) groups is 2. The highest BCUT2D eigenvalue weighted by Gasteiger charge is 2.37. The Morgan fingerprint density at radius 3 is 2.38 bits per heavy atom. The fourth-order valence-electron chi connectivity index (χ4n) is 4.47. The first-order valence-electron chi connectivity index (χ1n) is 12.9. The number of nitrogens with zero attached hydrogens (tertiary/aromatic N) is 6. The number of rotatable bonds is 7. The first-order chi connectivity index (χ1) is 18.8. The second-order valence-electron chi connectivity index (χ2n) is 9.75. The summed E-state index contributed by atoms with van der Waals surface area (Å²) >= 11 is 1.38. The molecule has 0 saturated carbocycles. The fourth-order valence-corrected chi connectivity index (χ4v) is 5.43. The van der Waals surface area contributed by atoms with Crippen LogP contribution in [0.3, 0.4) is 0 Å². The van der Waals surface area contributed by atoms with Crippen LogP contribution in [0.1, 0.15) is 39.3 Å². The summed E-state index contributed by atoms with van der Waals surface area (Å²) in [5, 5.41) is 15.5. The molecule has 4 heterocycles. The minimum Gasteiger partial charge on any atom is -0.481 e. The molecular formula is C27H30N8O3S. The van der Waals surface area contributed by atoms with Gasteiger partial charge in [0.2, 0.25) is 5.95 Å². The summed E-state index contributed by atoms with van der Waals surface area (Å²) in [6.45, 7) is 7.36. The summed E-state index contributed by atoms with van der Waals surface area (Å²) in [5.41, 5.74) is 4.13. The van der Waals surface area contributed by atoms with Gasteiger partial charge in [-0.3, -0.25) is 20.1 Å². The quantitative estimate of drug-likeness (QED) is 0.302. The van der Waals surface area contributed by atoms with Crippen LogP contribution in [-0.4, -0.2) is 61.7 Å². The van der Waals surface area contributed by atoms with Gasteiger partial charge in [0, 0.05) is 49.4 Å². The van der Waals surface area contributed by atoms with Crippen LogP contribution in [-0.2, 0) is 11.2 Å². The van der Waals surface area contributed by atoms with Gasteiger partial charge in [0.1, 0.15) is 0 Å². The standard InChI is InChI=1S/C27H30N8O3S/c1-4-18-14-30-21(15-29-18)19-10-16(11-20-22(19)39-26(33-20)34-25(38)28-5-2)17-12-31-24(32-13-17)35-8-6-27(3,7-9-35)23(36)37/h10-15H,4-9H2,1-3H3,(H,36,37)(H2,28,33,34,38). The number of amides is 2. The Morgan fingerprint density at radius 2 is 1.77 bits per heavy atom. The van der Waals surface area contributed by atoms with Crippen LogP contribution in [0.25, 0.3) is 32.6 Å². The maximum Gasteiger partial charge on any atom is 0.321 e. The van der Waals surface area contributed by atoms with Crippen LogP contribution in [0.15, 0.2) is 36.9 Å². The topological polar surface area (TPSA) is 146 Å². The first kappa shape index (κ1) is 26.4. The van der Waals surface area contributed by atoms with Crippen LogP contribution in [0.4, 0.5) is 15.9 Å². The molecule has 1 saturated heterocycles. The van der Waals surface area contributed by atoms with Gasteiger partial charge in [0.05, 0.1) is 33.2 Å². The lowest BCUT2D eigenvalue weighted by atomic mass is 9.80. The number of fused-ring (bicyclic) bond motifs is 1. The van der Waals surface area contributed by atoms with Crippen molar-refractivity contribution in [3.05, 3.63) is 42.6 Å². The van der Waals surface area contributed by atoms with Crippen molar-refractivity contribution in [1.82, 2.24) is 30.2 Å². The number of aliphatic carboxylic acids is 1. The SMILES string of the molecule is CCNC(=O)Nc1nc2cc(-c3cnc(N4CCC(C)(C(=O)O)CC4)nc3)cc(-c3cnc(CC)cn3)c2s1. The third-order valence-corrected chi connectivity index (χ3v) is 8.05. The molecule has 3 aromatic heterocycles.